The molecule has 4 rings (SSSR count). The lowest BCUT2D eigenvalue weighted by atomic mass is 9.80. The van der Waals surface area contributed by atoms with Crippen molar-refractivity contribution in [1.82, 2.24) is 4.90 Å². The number of aliphatic hydroxyl groups is 1. The summed E-state index contributed by atoms with van der Waals surface area (Å²) in [5, 5.41) is 9.55. The SMILES string of the molecule is O=C(c1ccc(-c2ccccc2CO)cc1)N1CCC2(CCCCCC2)C1. The Kier molecular flexibility index (Phi) is 5.31. The summed E-state index contributed by atoms with van der Waals surface area (Å²) < 4.78 is 0. The van der Waals surface area contributed by atoms with E-state index in [1.807, 2.05) is 48.5 Å². The molecule has 1 saturated heterocycles. The number of likely N-dealkylation sites (tertiary alicyclic amines) is 1. The second kappa shape index (κ2) is 7.85. The molecular weight excluding hydrogens is 334 g/mol. The van der Waals surface area contributed by atoms with Gasteiger partial charge < -0.3 is 10.0 Å². The van der Waals surface area contributed by atoms with Gasteiger partial charge >= 0.3 is 0 Å². The van der Waals surface area contributed by atoms with Gasteiger partial charge in [-0.3, -0.25) is 4.79 Å². The first-order chi connectivity index (χ1) is 13.2. The average molecular weight is 364 g/mol. The number of hydrogen-bond donors (Lipinski definition) is 1. The number of amides is 1. The Bertz CT molecular complexity index is 788. The maximum atomic E-state index is 13.0. The van der Waals surface area contributed by atoms with Crippen LogP contribution >= 0.6 is 0 Å². The summed E-state index contributed by atoms with van der Waals surface area (Å²) >= 11 is 0. The zero-order valence-electron chi connectivity index (χ0n) is 16.0. The van der Waals surface area contributed by atoms with E-state index in [1.165, 1.54) is 44.9 Å². The quantitative estimate of drug-likeness (QED) is 0.830. The summed E-state index contributed by atoms with van der Waals surface area (Å²) in [5.74, 6) is 0.165. The van der Waals surface area contributed by atoms with E-state index in [0.717, 1.165) is 35.3 Å². The lowest BCUT2D eigenvalue weighted by Gasteiger charge is -2.27. The van der Waals surface area contributed by atoms with Crippen LogP contribution in [0.5, 0.6) is 0 Å². The summed E-state index contributed by atoms with van der Waals surface area (Å²) in [6.07, 6.45) is 9.09. The summed E-state index contributed by atoms with van der Waals surface area (Å²) in [6, 6.07) is 15.7. The Labute approximate surface area is 162 Å². The van der Waals surface area contributed by atoms with E-state index in [-0.39, 0.29) is 12.5 Å². The van der Waals surface area contributed by atoms with E-state index in [4.69, 9.17) is 0 Å². The molecule has 0 radical (unpaired) electrons. The Morgan fingerprint density at radius 3 is 2.33 bits per heavy atom. The predicted octanol–water partition coefficient (Wildman–Crippen LogP) is 5.03. The molecule has 1 N–H and O–H groups in total. The third kappa shape index (κ3) is 3.79. The minimum Gasteiger partial charge on any atom is -0.392 e. The second-order valence-corrected chi connectivity index (χ2v) is 8.28. The minimum atomic E-state index is 0.0206. The van der Waals surface area contributed by atoms with Crippen molar-refractivity contribution >= 4 is 5.91 Å². The van der Waals surface area contributed by atoms with Crippen LogP contribution in [0, 0.1) is 5.41 Å². The third-order valence-corrected chi connectivity index (χ3v) is 6.52. The molecule has 0 bridgehead atoms. The molecule has 1 spiro atoms. The number of benzene rings is 2. The molecular formula is C24H29NO2. The molecule has 2 aliphatic rings. The largest absolute Gasteiger partial charge is 0.392 e. The van der Waals surface area contributed by atoms with Gasteiger partial charge in [0.2, 0.25) is 0 Å². The lowest BCUT2D eigenvalue weighted by Crippen LogP contribution is -2.32. The predicted molar refractivity (Wildman–Crippen MR) is 108 cm³/mol. The molecule has 1 heterocycles. The van der Waals surface area contributed by atoms with Crippen LogP contribution in [0.4, 0.5) is 0 Å². The molecule has 1 aliphatic heterocycles. The fourth-order valence-corrected chi connectivity index (χ4v) is 4.91. The van der Waals surface area contributed by atoms with Gasteiger partial charge in [0, 0.05) is 18.7 Å². The first kappa shape index (κ1) is 18.2. The normalized spacial score (nSPS) is 19.2. The summed E-state index contributed by atoms with van der Waals surface area (Å²) in [4.78, 5) is 15.1. The molecule has 1 saturated carbocycles. The van der Waals surface area contributed by atoms with Gasteiger partial charge in [0.05, 0.1) is 6.61 Å². The number of nitrogens with zero attached hydrogens (tertiary/aromatic N) is 1. The fraction of sp³-hybridized carbons (Fsp3) is 0.458. The topological polar surface area (TPSA) is 40.5 Å². The molecule has 27 heavy (non-hydrogen) atoms. The van der Waals surface area contributed by atoms with E-state index < -0.39 is 0 Å². The highest BCUT2D eigenvalue weighted by Crippen LogP contribution is 2.43. The van der Waals surface area contributed by atoms with E-state index >= 15 is 0 Å². The highest BCUT2D eigenvalue weighted by Gasteiger charge is 2.39. The van der Waals surface area contributed by atoms with Crippen LogP contribution in [0.1, 0.15) is 60.9 Å². The van der Waals surface area contributed by atoms with Crippen LogP contribution in [0.25, 0.3) is 11.1 Å². The molecule has 2 aromatic rings. The molecule has 3 heteroatoms. The molecule has 0 unspecified atom stereocenters. The first-order valence-electron chi connectivity index (χ1n) is 10.3. The van der Waals surface area contributed by atoms with Crippen molar-refractivity contribution in [3.8, 4) is 11.1 Å². The van der Waals surface area contributed by atoms with Crippen LogP contribution in [-0.2, 0) is 6.61 Å². The lowest BCUT2D eigenvalue weighted by molar-refractivity contribution is 0.0767. The van der Waals surface area contributed by atoms with E-state index in [2.05, 4.69) is 4.90 Å². The van der Waals surface area contributed by atoms with Crippen molar-refractivity contribution in [2.75, 3.05) is 13.1 Å². The van der Waals surface area contributed by atoms with Crippen molar-refractivity contribution in [2.24, 2.45) is 5.41 Å². The van der Waals surface area contributed by atoms with Crippen LogP contribution < -0.4 is 0 Å². The number of carbonyl (C=O) groups is 1. The molecule has 2 fully saturated rings. The molecule has 0 aromatic heterocycles. The standard InChI is InChI=1S/C24H29NO2/c26-17-21-7-3-4-8-22(21)19-9-11-20(12-10-19)23(27)25-16-15-24(18-25)13-5-1-2-6-14-24/h3-4,7-12,26H,1-2,5-6,13-18H2. The van der Waals surface area contributed by atoms with Gasteiger partial charge in [-0.05, 0) is 53.5 Å². The van der Waals surface area contributed by atoms with Crippen LogP contribution in [0.2, 0.25) is 0 Å². The third-order valence-electron chi connectivity index (χ3n) is 6.52. The Balaban J connectivity index is 1.48. The van der Waals surface area contributed by atoms with Gasteiger partial charge in [-0.25, -0.2) is 0 Å². The Hall–Kier alpha value is -2.13. The average Bonchev–Trinajstić information content (AvgIpc) is 3.00. The summed E-state index contributed by atoms with van der Waals surface area (Å²) in [5.41, 5.74) is 4.12. The zero-order valence-corrected chi connectivity index (χ0v) is 16.0. The van der Waals surface area contributed by atoms with Gasteiger partial charge in [-0.1, -0.05) is 62.1 Å². The van der Waals surface area contributed by atoms with Crippen molar-refractivity contribution < 1.29 is 9.90 Å². The van der Waals surface area contributed by atoms with Gasteiger partial charge in [0.15, 0.2) is 0 Å². The molecule has 1 aliphatic carbocycles. The van der Waals surface area contributed by atoms with Crippen molar-refractivity contribution in [3.05, 3.63) is 59.7 Å². The van der Waals surface area contributed by atoms with E-state index in [0.29, 0.717) is 5.41 Å². The number of aliphatic hydroxyl groups excluding tert-OH is 1. The van der Waals surface area contributed by atoms with Gasteiger partial charge in [-0.15, -0.1) is 0 Å². The minimum absolute atomic E-state index is 0.0206. The maximum Gasteiger partial charge on any atom is 0.253 e. The van der Waals surface area contributed by atoms with Crippen LogP contribution in [-0.4, -0.2) is 29.0 Å². The Morgan fingerprint density at radius 2 is 1.63 bits per heavy atom. The monoisotopic (exact) mass is 363 g/mol. The van der Waals surface area contributed by atoms with Gasteiger partial charge in [-0.2, -0.15) is 0 Å². The molecule has 2 aromatic carbocycles. The first-order valence-corrected chi connectivity index (χ1v) is 10.3. The smallest absolute Gasteiger partial charge is 0.253 e. The fourth-order valence-electron chi connectivity index (χ4n) is 4.91. The highest BCUT2D eigenvalue weighted by molar-refractivity contribution is 5.95. The van der Waals surface area contributed by atoms with Crippen molar-refractivity contribution in [1.29, 1.82) is 0 Å². The van der Waals surface area contributed by atoms with Crippen LogP contribution in [0.15, 0.2) is 48.5 Å². The molecule has 1 amide bonds. The van der Waals surface area contributed by atoms with Crippen molar-refractivity contribution in [3.63, 3.8) is 0 Å². The maximum absolute atomic E-state index is 13.0. The molecule has 3 nitrogen and oxygen atoms in total. The van der Waals surface area contributed by atoms with Gasteiger partial charge in [0.1, 0.15) is 0 Å². The number of rotatable bonds is 3. The molecule has 0 atom stereocenters. The van der Waals surface area contributed by atoms with Crippen LogP contribution in [0.3, 0.4) is 0 Å². The summed E-state index contributed by atoms with van der Waals surface area (Å²) in [7, 11) is 0. The highest BCUT2D eigenvalue weighted by atomic mass is 16.3. The van der Waals surface area contributed by atoms with E-state index in [9.17, 15) is 9.90 Å². The molecule has 142 valence electrons. The number of hydrogen-bond acceptors (Lipinski definition) is 2. The summed E-state index contributed by atoms with van der Waals surface area (Å²) in [6.45, 7) is 1.85. The zero-order chi connectivity index (χ0) is 18.7. The van der Waals surface area contributed by atoms with Crippen molar-refractivity contribution in [2.45, 2.75) is 51.6 Å². The second-order valence-electron chi connectivity index (χ2n) is 8.28. The van der Waals surface area contributed by atoms with E-state index in [1.54, 1.807) is 0 Å². The number of carbonyl (C=O) groups excluding carboxylic acids is 1. The Morgan fingerprint density at radius 1 is 0.926 bits per heavy atom. The van der Waals surface area contributed by atoms with Gasteiger partial charge in [0.25, 0.3) is 5.91 Å².